The number of rotatable bonds is 4. The minimum Gasteiger partial charge on any atom is -0.491 e. The molecule has 1 aliphatic heterocycles. The second-order valence-corrected chi connectivity index (χ2v) is 4.96. The number of halogens is 1. The molecule has 1 fully saturated rings. The van der Waals surface area contributed by atoms with Gasteiger partial charge in [0.1, 0.15) is 12.4 Å². The highest BCUT2D eigenvalue weighted by atomic mass is 79.9. The van der Waals surface area contributed by atoms with Gasteiger partial charge < -0.3 is 9.47 Å². The second-order valence-electron chi connectivity index (χ2n) is 4.10. The summed E-state index contributed by atoms with van der Waals surface area (Å²) in [5.41, 5.74) is 0.631. The van der Waals surface area contributed by atoms with E-state index in [0.717, 1.165) is 36.0 Å². The van der Waals surface area contributed by atoms with Gasteiger partial charge >= 0.3 is 0 Å². The molecule has 4 heteroatoms. The Balaban J connectivity index is 1.90. The van der Waals surface area contributed by atoms with E-state index in [-0.39, 0.29) is 6.10 Å². The van der Waals surface area contributed by atoms with Crippen LogP contribution in [0.5, 0.6) is 5.75 Å². The van der Waals surface area contributed by atoms with Crippen molar-refractivity contribution in [1.29, 1.82) is 0 Å². The van der Waals surface area contributed by atoms with Gasteiger partial charge in [0.05, 0.1) is 6.10 Å². The lowest BCUT2D eigenvalue weighted by Crippen LogP contribution is -2.25. The smallest absolute Gasteiger partial charge is 0.151 e. The zero-order chi connectivity index (χ0) is 12.1. The number of hydrogen-bond donors (Lipinski definition) is 0. The van der Waals surface area contributed by atoms with Crippen molar-refractivity contribution in [3.05, 3.63) is 28.2 Å². The van der Waals surface area contributed by atoms with Crippen LogP contribution in [-0.4, -0.2) is 25.6 Å². The van der Waals surface area contributed by atoms with Gasteiger partial charge in [-0.2, -0.15) is 0 Å². The summed E-state index contributed by atoms with van der Waals surface area (Å²) in [5.74, 6) is 0.761. The number of hydrogen-bond acceptors (Lipinski definition) is 3. The minimum atomic E-state index is 0.202. The van der Waals surface area contributed by atoms with Crippen LogP contribution in [0.1, 0.15) is 29.6 Å². The molecule has 17 heavy (non-hydrogen) atoms. The van der Waals surface area contributed by atoms with Crippen molar-refractivity contribution in [2.75, 3.05) is 13.2 Å². The lowest BCUT2D eigenvalue weighted by atomic mass is 10.1. The Kier molecular flexibility index (Phi) is 4.57. The van der Waals surface area contributed by atoms with E-state index in [0.29, 0.717) is 12.2 Å². The maximum atomic E-state index is 10.7. The zero-order valence-corrected chi connectivity index (χ0v) is 11.1. The van der Waals surface area contributed by atoms with E-state index in [1.807, 2.05) is 6.07 Å². The number of carbonyl (C=O) groups is 1. The van der Waals surface area contributed by atoms with Gasteiger partial charge in [-0.1, -0.05) is 0 Å². The van der Waals surface area contributed by atoms with Gasteiger partial charge in [0, 0.05) is 16.6 Å². The first-order chi connectivity index (χ1) is 8.29. The van der Waals surface area contributed by atoms with Crippen LogP contribution >= 0.6 is 15.9 Å². The molecule has 0 saturated carbocycles. The highest BCUT2D eigenvalue weighted by molar-refractivity contribution is 9.10. The summed E-state index contributed by atoms with van der Waals surface area (Å²) < 4.78 is 12.0. The van der Waals surface area contributed by atoms with Gasteiger partial charge in [0.2, 0.25) is 0 Å². The predicted octanol–water partition coefficient (Wildman–Crippen LogP) is 3.21. The highest BCUT2D eigenvalue weighted by Crippen LogP contribution is 2.22. The molecular weight excluding hydrogens is 284 g/mol. The Bertz CT molecular complexity index is 386. The zero-order valence-electron chi connectivity index (χ0n) is 9.52. The first kappa shape index (κ1) is 12.6. The van der Waals surface area contributed by atoms with Crippen LogP contribution in [-0.2, 0) is 4.74 Å². The fourth-order valence-electron chi connectivity index (χ4n) is 1.82. The summed E-state index contributed by atoms with van der Waals surface area (Å²) in [7, 11) is 0. The predicted molar refractivity (Wildman–Crippen MR) is 68.6 cm³/mol. The van der Waals surface area contributed by atoms with Crippen LogP contribution in [0.25, 0.3) is 0 Å². The molecule has 0 spiro atoms. The summed E-state index contributed by atoms with van der Waals surface area (Å²) in [6, 6.07) is 5.36. The lowest BCUT2D eigenvalue weighted by molar-refractivity contribution is -0.0110. The molecule has 0 aliphatic carbocycles. The molecule has 3 nitrogen and oxygen atoms in total. The normalized spacial score (nSPS) is 19.9. The van der Waals surface area contributed by atoms with Crippen molar-refractivity contribution in [2.24, 2.45) is 0 Å². The molecule has 1 aromatic rings. The molecule has 2 rings (SSSR count). The van der Waals surface area contributed by atoms with Crippen molar-refractivity contribution < 1.29 is 14.3 Å². The lowest BCUT2D eigenvalue weighted by Gasteiger charge is -2.22. The minimum absolute atomic E-state index is 0.202. The largest absolute Gasteiger partial charge is 0.491 e. The van der Waals surface area contributed by atoms with Gasteiger partial charge in [-0.3, -0.25) is 4.79 Å². The first-order valence-corrected chi connectivity index (χ1v) is 6.58. The Morgan fingerprint density at radius 1 is 1.47 bits per heavy atom. The van der Waals surface area contributed by atoms with Crippen LogP contribution in [0.15, 0.2) is 22.7 Å². The average molecular weight is 299 g/mol. The molecule has 1 aliphatic rings. The van der Waals surface area contributed by atoms with E-state index in [9.17, 15) is 4.79 Å². The SMILES string of the molecule is O=Cc1ccc(OCC2CCCCO2)cc1Br. The summed E-state index contributed by atoms with van der Waals surface area (Å²) in [4.78, 5) is 10.7. The number of benzene rings is 1. The van der Waals surface area contributed by atoms with Crippen molar-refractivity contribution in [3.63, 3.8) is 0 Å². The van der Waals surface area contributed by atoms with Crippen LogP contribution < -0.4 is 4.74 Å². The van der Waals surface area contributed by atoms with E-state index >= 15 is 0 Å². The Morgan fingerprint density at radius 2 is 2.35 bits per heavy atom. The van der Waals surface area contributed by atoms with Gasteiger partial charge in [-0.05, 0) is 53.4 Å². The molecule has 1 unspecified atom stereocenters. The third-order valence-electron chi connectivity index (χ3n) is 2.81. The van der Waals surface area contributed by atoms with E-state index < -0.39 is 0 Å². The molecule has 1 aromatic carbocycles. The number of aldehydes is 1. The average Bonchev–Trinajstić information content (AvgIpc) is 2.38. The van der Waals surface area contributed by atoms with Crippen molar-refractivity contribution in [1.82, 2.24) is 0 Å². The Labute approximate surface area is 109 Å². The van der Waals surface area contributed by atoms with Gasteiger partial charge in [-0.25, -0.2) is 0 Å². The van der Waals surface area contributed by atoms with Crippen LogP contribution in [0.3, 0.4) is 0 Å². The van der Waals surface area contributed by atoms with Crippen LogP contribution in [0.4, 0.5) is 0 Å². The maximum Gasteiger partial charge on any atom is 0.151 e. The number of ether oxygens (including phenoxy) is 2. The molecule has 0 bridgehead atoms. The van der Waals surface area contributed by atoms with Gasteiger partial charge in [0.25, 0.3) is 0 Å². The quantitative estimate of drug-likeness (QED) is 0.801. The summed E-state index contributed by atoms with van der Waals surface area (Å²) >= 11 is 3.33. The summed E-state index contributed by atoms with van der Waals surface area (Å²) in [6.45, 7) is 1.41. The molecule has 0 aromatic heterocycles. The molecule has 1 atom stereocenters. The second kappa shape index (κ2) is 6.17. The van der Waals surface area contributed by atoms with Crippen molar-refractivity contribution >= 4 is 22.2 Å². The molecule has 92 valence electrons. The standard InChI is InChI=1S/C13H15BrO3/c14-13-7-11(5-4-10(13)8-15)17-9-12-3-1-2-6-16-12/h4-5,7-8,12H,1-3,6,9H2. The van der Waals surface area contributed by atoms with E-state index in [1.165, 1.54) is 6.42 Å². The van der Waals surface area contributed by atoms with Gasteiger partial charge in [0.15, 0.2) is 6.29 Å². The maximum absolute atomic E-state index is 10.7. The molecule has 0 N–H and O–H groups in total. The molecule has 0 radical (unpaired) electrons. The van der Waals surface area contributed by atoms with Crippen molar-refractivity contribution in [3.8, 4) is 5.75 Å². The molecule has 0 amide bonds. The summed E-state index contributed by atoms with van der Waals surface area (Å²) in [6.07, 6.45) is 4.44. The monoisotopic (exact) mass is 298 g/mol. The van der Waals surface area contributed by atoms with Crippen LogP contribution in [0.2, 0.25) is 0 Å². The Hall–Kier alpha value is -0.870. The van der Waals surface area contributed by atoms with Crippen LogP contribution in [0, 0.1) is 0 Å². The highest BCUT2D eigenvalue weighted by Gasteiger charge is 2.14. The third kappa shape index (κ3) is 3.54. The molecule has 1 heterocycles. The number of carbonyl (C=O) groups excluding carboxylic acids is 1. The van der Waals surface area contributed by atoms with E-state index in [2.05, 4.69) is 15.9 Å². The fraction of sp³-hybridized carbons (Fsp3) is 0.462. The van der Waals surface area contributed by atoms with E-state index in [1.54, 1.807) is 12.1 Å². The van der Waals surface area contributed by atoms with Crippen molar-refractivity contribution in [2.45, 2.75) is 25.4 Å². The first-order valence-electron chi connectivity index (χ1n) is 5.79. The summed E-state index contributed by atoms with van der Waals surface area (Å²) in [5, 5.41) is 0. The Morgan fingerprint density at radius 3 is 3.00 bits per heavy atom. The molecule has 1 saturated heterocycles. The third-order valence-corrected chi connectivity index (χ3v) is 3.50. The van der Waals surface area contributed by atoms with E-state index in [4.69, 9.17) is 9.47 Å². The van der Waals surface area contributed by atoms with Gasteiger partial charge in [-0.15, -0.1) is 0 Å². The topological polar surface area (TPSA) is 35.5 Å². The molecular formula is C13H15BrO3. The fourth-order valence-corrected chi connectivity index (χ4v) is 2.27.